The van der Waals surface area contributed by atoms with Gasteiger partial charge < -0.3 is 19.7 Å². The van der Waals surface area contributed by atoms with E-state index in [1.165, 1.54) is 12.8 Å². The number of benzene rings is 1. The fourth-order valence-electron chi connectivity index (χ4n) is 3.38. The number of likely N-dealkylation sites (tertiary alicyclic amines) is 1. The van der Waals surface area contributed by atoms with E-state index in [0.717, 1.165) is 49.8 Å². The standard InChI is InChI=1S/C20H28N2O2/c1-16-7-8-19(24-16)14-21-13-17-9-11-22(12-10-17)15-20(23)18-5-3-2-4-6-18/h2-8,17,20-21,23H,9-15H2,1H3. The zero-order valence-corrected chi connectivity index (χ0v) is 14.4. The first-order valence-corrected chi connectivity index (χ1v) is 8.92. The average molecular weight is 328 g/mol. The number of piperidine rings is 1. The van der Waals surface area contributed by atoms with Gasteiger partial charge in [-0.1, -0.05) is 30.3 Å². The molecule has 0 spiro atoms. The Balaban J connectivity index is 1.35. The largest absolute Gasteiger partial charge is 0.465 e. The molecule has 130 valence electrons. The summed E-state index contributed by atoms with van der Waals surface area (Å²) in [4.78, 5) is 2.38. The third-order valence-corrected chi connectivity index (χ3v) is 4.85. The van der Waals surface area contributed by atoms with Gasteiger partial charge >= 0.3 is 0 Å². The van der Waals surface area contributed by atoms with E-state index in [0.29, 0.717) is 5.92 Å². The Morgan fingerprint density at radius 2 is 1.92 bits per heavy atom. The molecule has 2 N–H and O–H groups in total. The van der Waals surface area contributed by atoms with Crippen molar-refractivity contribution in [2.45, 2.75) is 32.4 Å². The first-order valence-electron chi connectivity index (χ1n) is 8.92. The topological polar surface area (TPSA) is 48.6 Å². The number of aliphatic hydroxyl groups excluding tert-OH is 1. The lowest BCUT2D eigenvalue weighted by molar-refractivity contribution is 0.0890. The average Bonchev–Trinajstić information content (AvgIpc) is 3.02. The van der Waals surface area contributed by atoms with E-state index in [-0.39, 0.29) is 6.10 Å². The summed E-state index contributed by atoms with van der Waals surface area (Å²) < 4.78 is 5.58. The van der Waals surface area contributed by atoms with Crippen LogP contribution in [-0.4, -0.2) is 36.2 Å². The molecule has 0 amide bonds. The smallest absolute Gasteiger partial charge is 0.117 e. The van der Waals surface area contributed by atoms with Gasteiger partial charge in [-0.05, 0) is 63.0 Å². The van der Waals surface area contributed by atoms with Crippen LogP contribution < -0.4 is 5.32 Å². The monoisotopic (exact) mass is 328 g/mol. The van der Waals surface area contributed by atoms with E-state index < -0.39 is 0 Å². The van der Waals surface area contributed by atoms with Gasteiger partial charge in [-0.25, -0.2) is 0 Å². The van der Waals surface area contributed by atoms with Crippen molar-refractivity contribution in [1.82, 2.24) is 10.2 Å². The molecule has 2 aromatic rings. The van der Waals surface area contributed by atoms with Crippen molar-refractivity contribution < 1.29 is 9.52 Å². The number of hydrogen-bond acceptors (Lipinski definition) is 4. The van der Waals surface area contributed by atoms with Crippen LogP contribution in [-0.2, 0) is 6.54 Å². The number of nitrogens with zero attached hydrogens (tertiary/aromatic N) is 1. The van der Waals surface area contributed by atoms with E-state index in [1.54, 1.807) is 0 Å². The normalized spacial score (nSPS) is 17.9. The highest BCUT2D eigenvalue weighted by atomic mass is 16.3. The van der Waals surface area contributed by atoms with Crippen molar-refractivity contribution in [3.8, 4) is 0 Å². The van der Waals surface area contributed by atoms with Gasteiger partial charge in [-0.2, -0.15) is 0 Å². The van der Waals surface area contributed by atoms with E-state index >= 15 is 0 Å². The van der Waals surface area contributed by atoms with Gasteiger partial charge in [0.2, 0.25) is 0 Å². The highest BCUT2D eigenvalue weighted by Crippen LogP contribution is 2.20. The third kappa shape index (κ3) is 4.94. The van der Waals surface area contributed by atoms with Crippen molar-refractivity contribution in [1.29, 1.82) is 0 Å². The summed E-state index contributed by atoms with van der Waals surface area (Å²) in [5.74, 6) is 2.69. The quantitative estimate of drug-likeness (QED) is 0.820. The van der Waals surface area contributed by atoms with Gasteiger partial charge in [0.15, 0.2) is 0 Å². The molecule has 0 radical (unpaired) electrons. The van der Waals surface area contributed by atoms with E-state index in [9.17, 15) is 5.11 Å². The fraction of sp³-hybridized carbons (Fsp3) is 0.500. The van der Waals surface area contributed by atoms with Crippen molar-refractivity contribution in [2.75, 3.05) is 26.2 Å². The van der Waals surface area contributed by atoms with Crippen LogP contribution in [0.25, 0.3) is 0 Å². The second kappa shape index (κ2) is 8.47. The van der Waals surface area contributed by atoms with Gasteiger partial charge in [0.25, 0.3) is 0 Å². The zero-order chi connectivity index (χ0) is 16.8. The third-order valence-electron chi connectivity index (χ3n) is 4.85. The number of furan rings is 1. The van der Waals surface area contributed by atoms with Crippen molar-refractivity contribution in [2.24, 2.45) is 5.92 Å². The summed E-state index contributed by atoms with van der Waals surface area (Å²) in [6.45, 7) is 6.68. The van der Waals surface area contributed by atoms with Crippen LogP contribution in [0.1, 0.15) is 36.0 Å². The van der Waals surface area contributed by atoms with Crippen LogP contribution in [0.2, 0.25) is 0 Å². The molecule has 1 aliphatic heterocycles. The van der Waals surface area contributed by atoms with Crippen molar-refractivity contribution in [3.63, 3.8) is 0 Å². The van der Waals surface area contributed by atoms with Crippen LogP contribution >= 0.6 is 0 Å². The molecule has 1 saturated heterocycles. The van der Waals surface area contributed by atoms with Gasteiger partial charge in [-0.3, -0.25) is 0 Å². The Labute approximate surface area is 144 Å². The lowest BCUT2D eigenvalue weighted by atomic mass is 9.96. The Bertz CT molecular complexity index is 603. The predicted octanol–water partition coefficient (Wildman–Crippen LogP) is 3.12. The van der Waals surface area contributed by atoms with E-state index in [4.69, 9.17) is 4.42 Å². The molecule has 0 bridgehead atoms. The number of nitrogens with one attached hydrogen (secondary N) is 1. The van der Waals surface area contributed by atoms with Crippen LogP contribution in [0.15, 0.2) is 46.9 Å². The summed E-state index contributed by atoms with van der Waals surface area (Å²) >= 11 is 0. The molecule has 1 aromatic heterocycles. The number of β-amino-alcohol motifs (C(OH)–C–C–N with tert-alkyl or cyclic N) is 1. The lowest BCUT2D eigenvalue weighted by Gasteiger charge is -2.33. The highest BCUT2D eigenvalue weighted by Gasteiger charge is 2.21. The van der Waals surface area contributed by atoms with Crippen molar-refractivity contribution in [3.05, 3.63) is 59.5 Å². The molecular formula is C20H28N2O2. The first kappa shape index (κ1) is 17.2. The lowest BCUT2D eigenvalue weighted by Crippen LogP contribution is -2.39. The molecule has 1 atom stereocenters. The molecule has 1 unspecified atom stereocenters. The van der Waals surface area contributed by atoms with E-state index in [1.807, 2.05) is 49.4 Å². The Morgan fingerprint density at radius 1 is 1.17 bits per heavy atom. The Morgan fingerprint density at radius 3 is 2.58 bits per heavy atom. The van der Waals surface area contributed by atoms with Gasteiger partial charge in [0.1, 0.15) is 11.5 Å². The van der Waals surface area contributed by atoms with Gasteiger partial charge in [0, 0.05) is 6.54 Å². The van der Waals surface area contributed by atoms with Crippen molar-refractivity contribution >= 4 is 0 Å². The number of aryl methyl sites for hydroxylation is 1. The molecule has 24 heavy (non-hydrogen) atoms. The zero-order valence-electron chi connectivity index (χ0n) is 14.4. The van der Waals surface area contributed by atoms with Crippen LogP contribution in [0.3, 0.4) is 0 Å². The summed E-state index contributed by atoms with van der Waals surface area (Å²) in [6, 6.07) is 14.0. The van der Waals surface area contributed by atoms with Crippen LogP contribution in [0.5, 0.6) is 0 Å². The van der Waals surface area contributed by atoms with Gasteiger partial charge in [-0.15, -0.1) is 0 Å². The second-order valence-corrected chi connectivity index (χ2v) is 6.81. The summed E-state index contributed by atoms with van der Waals surface area (Å²) in [7, 11) is 0. The summed E-state index contributed by atoms with van der Waals surface area (Å²) in [5.41, 5.74) is 1.01. The maximum Gasteiger partial charge on any atom is 0.117 e. The van der Waals surface area contributed by atoms with Crippen LogP contribution in [0, 0.1) is 12.8 Å². The maximum absolute atomic E-state index is 10.3. The molecular weight excluding hydrogens is 300 g/mol. The number of rotatable bonds is 7. The predicted molar refractivity (Wildman–Crippen MR) is 95.7 cm³/mol. The molecule has 2 heterocycles. The fourth-order valence-corrected chi connectivity index (χ4v) is 3.38. The molecule has 3 rings (SSSR count). The minimum atomic E-state index is -0.386. The molecule has 1 aliphatic rings. The molecule has 4 heteroatoms. The Kier molecular flexibility index (Phi) is 6.07. The first-order chi connectivity index (χ1) is 11.7. The van der Waals surface area contributed by atoms with Crippen LogP contribution in [0.4, 0.5) is 0 Å². The summed E-state index contributed by atoms with van der Waals surface area (Å²) in [6.07, 6.45) is 1.99. The molecule has 4 nitrogen and oxygen atoms in total. The number of aliphatic hydroxyl groups is 1. The second-order valence-electron chi connectivity index (χ2n) is 6.81. The SMILES string of the molecule is Cc1ccc(CNCC2CCN(CC(O)c3ccccc3)CC2)o1. The molecule has 0 saturated carbocycles. The Hall–Kier alpha value is -1.62. The summed E-state index contributed by atoms with van der Waals surface area (Å²) in [5, 5.41) is 13.8. The number of hydrogen-bond donors (Lipinski definition) is 2. The maximum atomic E-state index is 10.3. The van der Waals surface area contributed by atoms with Gasteiger partial charge in [0.05, 0.1) is 12.6 Å². The van der Waals surface area contributed by atoms with E-state index in [2.05, 4.69) is 10.2 Å². The minimum absolute atomic E-state index is 0.386. The highest BCUT2D eigenvalue weighted by molar-refractivity contribution is 5.17. The molecule has 0 aliphatic carbocycles. The molecule has 1 aromatic carbocycles. The molecule has 1 fully saturated rings. The minimum Gasteiger partial charge on any atom is -0.465 e.